The predicted molar refractivity (Wildman–Crippen MR) is 141 cm³/mol. The second-order valence-corrected chi connectivity index (χ2v) is 9.54. The minimum Gasteiger partial charge on any atom is -0.497 e. The van der Waals surface area contributed by atoms with Crippen LogP contribution in [0.15, 0.2) is 54.6 Å². The number of hydrogen-bond donors (Lipinski definition) is 2. The third-order valence-electron chi connectivity index (χ3n) is 5.53. The molecular weight excluding hydrogens is 458 g/mol. The summed E-state index contributed by atoms with van der Waals surface area (Å²) in [6, 6.07) is 16.4. The van der Waals surface area contributed by atoms with E-state index in [1.807, 2.05) is 37.3 Å². The molecular formula is C27H35N5O4. The molecule has 3 amide bonds. The lowest BCUT2D eigenvalue weighted by atomic mass is 9.92. The third-order valence-corrected chi connectivity index (χ3v) is 5.53. The molecule has 0 saturated carbocycles. The van der Waals surface area contributed by atoms with Gasteiger partial charge in [-0.05, 0) is 31.2 Å². The largest absolute Gasteiger partial charge is 0.497 e. The van der Waals surface area contributed by atoms with Crippen molar-refractivity contribution in [2.75, 3.05) is 44.5 Å². The molecule has 2 aromatic carbocycles. The van der Waals surface area contributed by atoms with Crippen LogP contribution in [0.1, 0.15) is 32.0 Å². The molecule has 0 saturated heterocycles. The summed E-state index contributed by atoms with van der Waals surface area (Å²) >= 11 is 0. The van der Waals surface area contributed by atoms with Crippen LogP contribution in [-0.2, 0) is 14.9 Å². The summed E-state index contributed by atoms with van der Waals surface area (Å²) in [6.07, 6.45) is 0. The fraction of sp³-hybridized carbons (Fsp3) is 0.370. The van der Waals surface area contributed by atoms with Crippen molar-refractivity contribution < 1.29 is 19.1 Å². The number of anilines is 2. The van der Waals surface area contributed by atoms with Gasteiger partial charge in [0.1, 0.15) is 18.1 Å². The van der Waals surface area contributed by atoms with Crippen molar-refractivity contribution in [2.45, 2.75) is 33.1 Å². The smallest absolute Gasteiger partial charge is 0.322 e. The van der Waals surface area contributed by atoms with Gasteiger partial charge in [-0.25, -0.2) is 9.48 Å². The molecule has 0 aliphatic rings. The first-order chi connectivity index (χ1) is 17.1. The Kier molecular flexibility index (Phi) is 8.71. The number of nitrogens with zero attached hydrogens (tertiary/aromatic N) is 3. The van der Waals surface area contributed by atoms with E-state index in [2.05, 4.69) is 31.4 Å². The van der Waals surface area contributed by atoms with E-state index in [0.29, 0.717) is 17.3 Å². The van der Waals surface area contributed by atoms with Gasteiger partial charge in [-0.3, -0.25) is 4.79 Å². The highest BCUT2D eigenvalue weighted by Gasteiger charge is 2.23. The zero-order valence-electron chi connectivity index (χ0n) is 21.8. The standard InChI is InChI=1S/C27H35N5O4/c1-19-10-12-21(13-11-19)32-24(17-23(30-32)27(2,3)4)29-25(33)18-31(14-15-35-5)26(34)28-20-8-7-9-22(16-20)36-6/h7-13,16-17H,14-15,18H2,1-6H3,(H,28,34)(H,29,33). The summed E-state index contributed by atoms with van der Waals surface area (Å²) in [4.78, 5) is 27.5. The number of aromatic nitrogens is 2. The number of carbonyl (C=O) groups is 2. The maximum Gasteiger partial charge on any atom is 0.322 e. The summed E-state index contributed by atoms with van der Waals surface area (Å²) < 4.78 is 12.1. The molecule has 9 nitrogen and oxygen atoms in total. The van der Waals surface area contributed by atoms with Crippen LogP contribution in [0.2, 0.25) is 0 Å². The first kappa shape index (κ1) is 26.7. The molecule has 192 valence electrons. The molecule has 0 unspecified atom stereocenters. The second kappa shape index (κ2) is 11.7. The van der Waals surface area contributed by atoms with Gasteiger partial charge in [-0.1, -0.05) is 44.5 Å². The van der Waals surface area contributed by atoms with Crippen LogP contribution < -0.4 is 15.4 Å². The van der Waals surface area contributed by atoms with E-state index in [9.17, 15) is 9.59 Å². The zero-order valence-corrected chi connectivity index (χ0v) is 21.8. The molecule has 1 heterocycles. The first-order valence-electron chi connectivity index (χ1n) is 11.8. The van der Waals surface area contributed by atoms with Crippen LogP contribution in [0.4, 0.5) is 16.3 Å². The Morgan fingerprint density at radius 3 is 2.39 bits per heavy atom. The Labute approximate surface area is 212 Å². The molecule has 3 aromatic rings. The Morgan fingerprint density at radius 1 is 1.03 bits per heavy atom. The average molecular weight is 494 g/mol. The summed E-state index contributed by atoms with van der Waals surface area (Å²) in [6.45, 7) is 8.57. The van der Waals surface area contributed by atoms with E-state index in [1.165, 1.54) is 4.90 Å². The second-order valence-electron chi connectivity index (χ2n) is 9.54. The normalized spacial score (nSPS) is 11.2. The lowest BCUT2D eigenvalue weighted by Gasteiger charge is -2.22. The minimum absolute atomic E-state index is 0.164. The van der Waals surface area contributed by atoms with Crippen LogP contribution in [0, 0.1) is 6.92 Å². The van der Waals surface area contributed by atoms with Gasteiger partial charge in [0, 0.05) is 36.9 Å². The van der Waals surface area contributed by atoms with E-state index in [-0.39, 0.29) is 31.0 Å². The van der Waals surface area contributed by atoms with Gasteiger partial charge in [-0.15, -0.1) is 0 Å². The van der Waals surface area contributed by atoms with E-state index < -0.39 is 6.03 Å². The van der Waals surface area contributed by atoms with E-state index in [4.69, 9.17) is 14.6 Å². The number of nitrogens with one attached hydrogen (secondary N) is 2. The number of benzene rings is 2. The van der Waals surface area contributed by atoms with Gasteiger partial charge in [0.05, 0.1) is 25.1 Å². The number of rotatable bonds is 9. The third kappa shape index (κ3) is 7.08. The minimum atomic E-state index is -0.419. The number of methoxy groups -OCH3 is 2. The summed E-state index contributed by atoms with van der Waals surface area (Å²) in [5.74, 6) is 0.808. The van der Waals surface area contributed by atoms with Crippen LogP contribution in [0.25, 0.3) is 5.69 Å². The van der Waals surface area contributed by atoms with Crippen molar-refractivity contribution in [1.82, 2.24) is 14.7 Å². The molecule has 0 aliphatic carbocycles. The van der Waals surface area contributed by atoms with Crippen LogP contribution in [0.3, 0.4) is 0 Å². The lowest BCUT2D eigenvalue weighted by Crippen LogP contribution is -2.42. The monoisotopic (exact) mass is 493 g/mol. The molecule has 0 aliphatic heterocycles. The maximum absolute atomic E-state index is 13.1. The van der Waals surface area contributed by atoms with Crippen LogP contribution >= 0.6 is 0 Å². The van der Waals surface area contributed by atoms with Gasteiger partial charge in [0.25, 0.3) is 0 Å². The Bertz CT molecular complexity index is 1180. The maximum atomic E-state index is 13.1. The van der Waals surface area contributed by atoms with Gasteiger partial charge in [0.2, 0.25) is 5.91 Å². The number of amides is 3. The number of aryl methyl sites for hydroxylation is 1. The van der Waals surface area contributed by atoms with Crippen molar-refractivity contribution in [1.29, 1.82) is 0 Å². The number of hydrogen-bond acceptors (Lipinski definition) is 5. The van der Waals surface area contributed by atoms with E-state index in [1.54, 1.807) is 43.2 Å². The fourth-order valence-electron chi connectivity index (χ4n) is 3.43. The van der Waals surface area contributed by atoms with Crippen molar-refractivity contribution in [2.24, 2.45) is 0 Å². The molecule has 9 heteroatoms. The summed E-state index contributed by atoms with van der Waals surface area (Å²) in [5, 5.41) is 10.5. The SMILES string of the molecule is COCCN(CC(=O)Nc1cc(C(C)(C)C)nn1-c1ccc(C)cc1)C(=O)Nc1cccc(OC)c1. The van der Waals surface area contributed by atoms with Crippen molar-refractivity contribution in [3.8, 4) is 11.4 Å². The molecule has 3 rings (SSSR count). The summed E-state index contributed by atoms with van der Waals surface area (Å²) in [7, 11) is 3.11. The molecule has 2 N–H and O–H groups in total. The van der Waals surface area contributed by atoms with Gasteiger partial charge < -0.3 is 25.0 Å². The van der Waals surface area contributed by atoms with Crippen molar-refractivity contribution in [3.63, 3.8) is 0 Å². The van der Waals surface area contributed by atoms with Crippen molar-refractivity contribution >= 4 is 23.4 Å². The number of carbonyl (C=O) groups excluding carboxylic acids is 2. The van der Waals surface area contributed by atoms with Gasteiger partial charge >= 0.3 is 6.03 Å². The number of ether oxygens (including phenoxy) is 2. The van der Waals surface area contributed by atoms with Crippen LogP contribution in [0.5, 0.6) is 5.75 Å². The first-order valence-corrected chi connectivity index (χ1v) is 11.8. The average Bonchev–Trinajstić information content (AvgIpc) is 3.26. The summed E-state index contributed by atoms with van der Waals surface area (Å²) in [5.41, 5.74) is 3.15. The van der Waals surface area contributed by atoms with Gasteiger partial charge in [0.15, 0.2) is 0 Å². The van der Waals surface area contributed by atoms with E-state index >= 15 is 0 Å². The highest BCUT2D eigenvalue weighted by Crippen LogP contribution is 2.26. The van der Waals surface area contributed by atoms with Crippen LogP contribution in [-0.4, -0.2) is 60.5 Å². The topological polar surface area (TPSA) is 97.7 Å². The van der Waals surface area contributed by atoms with E-state index in [0.717, 1.165) is 16.9 Å². The Hall–Kier alpha value is -3.85. The number of urea groups is 1. The fourth-order valence-corrected chi connectivity index (χ4v) is 3.43. The predicted octanol–water partition coefficient (Wildman–Crippen LogP) is 4.61. The lowest BCUT2D eigenvalue weighted by molar-refractivity contribution is -0.116. The molecule has 0 radical (unpaired) electrons. The van der Waals surface area contributed by atoms with Gasteiger partial charge in [-0.2, -0.15) is 5.10 Å². The molecule has 0 bridgehead atoms. The molecule has 0 fully saturated rings. The quantitative estimate of drug-likeness (QED) is 0.454. The Balaban J connectivity index is 1.79. The molecule has 36 heavy (non-hydrogen) atoms. The molecule has 1 aromatic heterocycles. The molecule has 0 spiro atoms. The highest BCUT2D eigenvalue weighted by atomic mass is 16.5. The molecule has 0 atom stereocenters. The van der Waals surface area contributed by atoms with Crippen molar-refractivity contribution in [3.05, 3.63) is 65.9 Å². The zero-order chi connectivity index (χ0) is 26.3. The Morgan fingerprint density at radius 2 is 1.75 bits per heavy atom. The highest BCUT2D eigenvalue weighted by molar-refractivity contribution is 5.96.